The maximum Gasteiger partial charge on any atom is 0.265 e. The van der Waals surface area contributed by atoms with Gasteiger partial charge in [-0.05, 0) is 18.1 Å². The number of ether oxygens (including phenoxy) is 1. The highest BCUT2D eigenvalue weighted by atomic mass is 32.2. The van der Waals surface area contributed by atoms with E-state index in [1.165, 1.54) is 0 Å². The number of anilines is 1. The van der Waals surface area contributed by atoms with E-state index in [2.05, 4.69) is 0 Å². The molecular formula is C12H17NO5S. The van der Waals surface area contributed by atoms with Crippen molar-refractivity contribution in [2.45, 2.75) is 6.42 Å². The monoisotopic (exact) mass is 287 g/mol. The van der Waals surface area contributed by atoms with Crippen molar-refractivity contribution in [3.63, 3.8) is 0 Å². The van der Waals surface area contributed by atoms with Gasteiger partial charge < -0.3 is 14.7 Å². The smallest absolute Gasteiger partial charge is 0.265 e. The predicted octanol–water partition coefficient (Wildman–Crippen LogP) is 0.659. The Morgan fingerprint density at radius 3 is 2.58 bits per heavy atom. The second-order valence-corrected chi connectivity index (χ2v) is 5.99. The van der Waals surface area contributed by atoms with Crippen molar-refractivity contribution in [2.75, 3.05) is 37.0 Å². The Kier molecular flexibility index (Phi) is 4.28. The molecule has 1 fully saturated rings. The van der Waals surface area contributed by atoms with E-state index in [4.69, 9.17) is 9.29 Å². The summed E-state index contributed by atoms with van der Waals surface area (Å²) >= 11 is 0. The molecule has 1 aliphatic heterocycles. The molecule has 1 aromatic carbocycles. The molecule has 0 amide bonds. The number of phenols is 1. The minimum absolute atomic E-state index is 0.0769. The molecule has 0 spiro atoms. The minimum atomic E-state index is -4.02. The number of nitrogens with zero attached hydrogens (tertiary/aromatic N) is 1. The van der Waals surface area contributed by atoms with Crippen LogP contribution in [-0.2, 0) is 21.3 Å². The van der Waals surface area contributed by atoms with Gasteiger partial charge in [0.15, 0.2) is 0 Å². The van der Waals surface area contributed by atoms with Crippen molar-refractivity contribution in [3.8, 4) is 5.75 Å². The van der Waals surface area contributed by atoms with E-state index in [0.717, 1.165) is 0 Å². The molecule has 1 aliphatic rings. The van der Waals surface area contributed by atoms with Gasteiger partial charge >= 0.3 is 0 Å². The summed E-state index contributed by atoms with van der Waals surface area (Å²) < 4.78 is 35.5. The van der Waals surface area contributed by atoms with Crippen molar-refractivity contribution in [2.24, 2.45) is 0 Å². The molecule has 106 valence electrons. The third-order valence-electron chi connectivity index (χ3n) is 3.08. The van der Waals surface area contributed by atoms with E-state index >= 15 is 0 Å². The van der Waals surface area contributed by atoms with E-state index < -0.39 is 15.9 Å². The predicted molar refractivity (Wildman–Crippen MR) is 71.3 cm³/mol. The van der Waals surface area contributed by atoms with Crippen LogP contribution in [0.25, 0.3) is 0 Å². The van der Waals surface area contributed by atoms with Crippen LogP contribution in [0.3, 0.4) is 0 Å². The number of aryl methyl sites for hydroxylation is 1. The number of benzene rings is 1. The quantitative estimate of drug-likeness (QED) is 0.791. The minimum Gasteiger partial charge on any atom is -0.505 e. The fraction of sp³-hybridized carbons (Fsp3) is 0.500. The average Bonchev–Trinajstić information content (AvgIpc) is 2.37. The van der Waals surface area contributed by atoms with Gasteiger partial charge in [-0.25, -0.2) is 0 Å². The highest BCUT2D eigenvalue weighted by molar-refractivity contribution is 7.85. The zero-order valence-corrected chi connectivity index (χ0v) is 11.3. The Bertz CT molecular complexity index is 537. The van der Waals surface area contributed by atoms with Crippen molar-refractivity contribution in [1.82, 2.24) is 0 Å². The van der Waals surface area contributed by atoms with Gasteiger partial charge in [0.05, 0.1) is 24.7 Å². The molecule has 19 heavy (non-hydrogen) atoms. The summed E-state index contributed by atoms with van der Waals surface area (Å²) in [6.45, 7) is 2.59. The van der Waals surface area contributed by atoms with E-state index in [1.54, 1.807) is 18.2 Å². The zero-order valence-electron chi connectivity index (χ0n) is 10.4. The Hall–Kier alpha value is -1.31. The molecule has 7 heteroatoms. The average molecular weight is 287 g/mol. The normalized spacial score (nSPS) is 16.6. The molecular weight excluding hydrogens is 270 g/mol. The van der Waals surface area contributed by atoms with E-state index in [-0.39, 0.29) is 12.2 Å². The topological polar surface area (TPSA) is 87.1 Å². The Labute approximate surface area is 112 Å². The number of para-hydroxylation sites is 1. The Balaban J connectivity index is 2.17. The zero-order chi connectivity index (χ0) is 13.9. The first-order valence-corrected chi connectivity index (χ1v) is 7.67. The summed E-state index contributed by atoms with van der Waals surface area (Å²) in [6, 6.07) is 5.21. The molecule has 2 N–H and O–H groups in total. The summed E-state index contributed by atoms with van der Waals surface area (Å²) in [5.41, 5.74) is 1.19. The van der Waals surface area contributed by atoms with Crippen molar-refractivity contribution >= 4 is 15.8 Å². The van der Waals surface area contributed by atoms with Crippen LogP contribution in [0.5, 0.6) is 5.75 Å². The molecule has 1 heterocycles. The van der Waals surface area contributed by atoms with Crippen LogP contribution in [0.2, 0.25) is 0 Å². The first kappa shape index (κ1) is 14.1. The molecule has 0 aliphatic carbocycles. The highest BCUT2D eigenvalue weighted by Crippen LogP contribution is 2.31. The lowest BCUT2D eigenvalue weighted by Crippen LogP contribution is -2.36. The largest absolute Gasteiger partial charge is 0.505 e. The first-order valence-electron chi connectivity index (χ1n) is 6.06. The summed E-state index contributed by atoms with van der Waals surface area (Å²) in [5, 5.41) is 10.2. The second kappa shape index (κ2) is 5.77. The number of phenolic OH excluding ortho intramolecular Hbond substituents is 1. The fourth-order valence-electron chi connectivity index (χ4n) is 2.08. The van der Waals surface area contributed by atoms with Crippen molar-refractivity contribution < 1.29 is 22.8 Å². The van der Waals surface area contributed by atoms with Gasteiger partial charge in [0, 0.05) is 13.1 Å². The van der Waals surface area contributed by atoms with Crippen molar-refractivity contribution in [1.29, 1.82) is 0 Å². The van der Waals surface area contributed by atoms with Gasteiger partial charge in [-0.1, -0.05) is 12.1 Å². The summed E-state index contributed by atoms with van der Waals surface area (Å²) in [4.78, 5) is 2.00. The fourth-order valence-corrected chi connectivity index (χ4v) is 2.56. The van der Waals surface area contributed by atoms with Gasteiger partial charge in [0.1, 0.15) is 5.75 Å². The van der Waals surface area contributed by atoms with Crippen LogP contribution < -0.4 is 4.90 Å². The molecule has 0 bridgehead atoms. The van der Waals surface area contributed by atoms with E-state index in [1.807, 2.05) is 4.90 Å². The number of aromatic hydroxyl groups is 1. The van der Waals surface area contributed by atoms with Gasteiger partial charge in [0.2, 0.25) is 0 Å². The van der Waals surface area contributed by atoms with Crippen LogP contribution in [0, 0.1) is 0 Å². The number of hydrogen-bond acceptors (Lipinski definition) is 5. The van der Waals surface area contributed by atoms with Crippen LogP contribution in [-0.4, -0.2) is 50.1 Å². The maximum atomic E-state index is 10.7. The molecule has 0 aromatic heterocycles. The molecule has 0 radical (unpaired) electrons. The van der Waals surface area contributed by atoms with Gasteiger partial charge in [-0.3, -0.25) is 4.55 Å². The van der Waals surface area contributed by atoms with E-state index in [0.29, 0.717) is 37.6 Å². The van der Waals surface area contributed by atoms with Gasteiger partial charge in [0.25, 0.3) is 10.1 Å². The molecule has 6 nitrogen and oxygen atoms in total. The van der Waals surface area contributed by atoms with Crippen LogP contribution in [0.1, 0.15) is 5.56 Å². The van der Waals surface area contributed by atoms with Crippen molar-refractivity contribution in [3.05, 3.63) is 23.8 Å². The Morgan fingerprint density at radius 1 is 1.26 bits per heavy atom. The summed E-state index contributed by atoms with van der Waals surface area (Å²) in [7, 11) is -4.02. The lowest BCUT2D eigenvalue weighted by molar-refractivity contribution is 0.122. The van der Waals surface area contributed by atoms with Crippen LogP contribution in [0.15, 0.2) is 18.2 Å². The van der Waals surface area contributed by atoms with Gasteiger partial charge in [-0.15, -0.1) is 0 Å². The number of morpholine rings is 1. The molecule has 2 rings (SSSR count). The Morgan fingerprint density at radius 2 is 1.95 bits per heavy atom. The third-order valence-corrected chi connectivity index (χ3v) is 3.80. The summed E-state index contributed by atoms with van der Waals surface area (Å²) in [6.07, 6.45) is 0.0862. The van der Waals surface area contributed by atoms with Gasteiger partial charge in [-0.2, -0.15) is 8.42 Å². The molecule has 0 atom stereocenters. The van der Waals surface area contributed by atoms with Crippen LogP contribution >= 0.6 is 0 Å². The number of hydrogen-bond donors (Lipinski definition) is 2. The molecule has 0 saturated carbocycles. The molecule has 1 saturated heterocycles. The van der Waals surface area contributed by atoms with Crippen LogP contribution in [0.4, 0.5) is 5.69 Å². The lowest BCUT2D eigenvalue weighted by Gasteiger charge is -2.29. The number of rotatable bonds is 4. The standard InChI is InChI=1S/C12H17NO5S/c14-12-10(4-9-19(15,16)17)2-1-3-11(12)13-5-7-18-8-6-13/h1-3,14H,4-9H2,(H,15,16,17). The highest BCUT2D eigenvalue weighted by Gasteiger charge is 2.17. The lowest BCUT2D eigenvalue weighted by atomic mass is 10.1. The maximum absolute atomic E-state index is 10.7. The summed E-state index contributed by atoms with van der Waals surface area (Å²) in [5.74, 6) is -0.319. The molecule has 0 unspecified atom stereocenters. The first-order chi connectivity index (χ1) is 8.97. The second-order valence-electron chi connectivity index (χ2n) is 4.42. The SMILES string of the molecule is O=S(=O)(O)CCc1cccc(N2CCOCC2)c1O. The molecule has 1 aromatic rings. The third kappa shape index (κ3) is 3.82. The van der Waals surface area contributed by atoms with E-state index in [9.17, 15) is 13.5 Å².